The van der Waals surface area contributed by atoms with Crippen LogP contribution in [0.4, 0.5) is 0 Å². The van der Waals surface area contributed by atoms with Gasteiger partial charge in [0.05, 0.1) is 24.4 Å². The van der Waals surface area contributed by atoms with Gasteiger partial charge in [0.2, 0.25) is 6.41 Å². The molecule has 8 nitrogen and oxygen atoms in total. The van der Waals surface area contributed by atoms with Crippen LogP contribution in [0, 0.1) is 0 Å². The summed E-state index contributed by atoms with van der Waals surface area (Å²) < 4.78 is 11.5. The fraction of sp³-hybridized carbons (Fsp3) is 0.500. The van der Waals surface area contributed by atoms with Gasteiger partial charge in [0.1, 0.15) is 17.2 Å². The van der Waals surface area contributed by atoms with Gasteiger partial charge in [-0.15, -0.1) is 0 Å². The predicted molar refractivity (Wildman–Crippen MR) is 144 cm³/mol. The summed E-state index contributed by atoms with van der Waals surface area (Å²) in [6, 6.07) is 10.4. The van der Waals surface area contributed by atoms with Crippen LogP contribution < -0.4 is 10.5 Å². The number of phenols is 2. The molecule has 2 amide bonds. The highest BCUT2D eigenvalue weighted by atomic mass is 16.5. The Balaban J connectivity index is 0.00000227. The molecule has 0 aromatic heterocycles. The second kappa shape index (κ2) is 16.4. The summed E-state index contributed by atoms with van der Waals surface area (Å²) in [5.74, 6) is 0.214. The molecule has 8 heteroatoms. The first kappa shape index (κ1) is 32.7. The Labute approximate surface area is 216 Å². The van der Waals surface area contributed by atoms with E-state index in [2.05, 4.69) is 5.73 Å². The van der Waals surface area contributed by atoms with E-state index < -0.39 is 0 Å². The molecule has 2 aromatic carbocycles. The van der Waals surface area contributed by atoms with Crippen molar-refractivity contribution in [2.45, 2.75) is 73.0 Å². The summed E-state index contributed by atoms with van der Waals surface area (Å²) in [6.45, 7) is 15.5. The van der Waals surface area contributed by atoms with Crippen molar-refractivity contribution in [2.75, 3.05) is 20.3 Å². The number of nitrogens with two attached hydrogens (primary N) is 1. The third-order valence-electron chi connectivity index (χ3n) is 4.75. The summed E-state index contributed by atoms with van der Waals surface area (Å²) in [4.78, 5) is 23.0. The van der Waals surface area contributed by atoms with Crippen LogP contribution in [0.5, 0.6) is 17.2 Å². The van der Waals surface area contributed by atoms with E-state index in [4.69, 9.17) is 14.3 Å². The smallest absolute Gasteiger partial charge is 0.257 e. The van der Waals surface area contributed by atoms with Crippen molar-refractivity contribution < 1.29 is 29.3 Å². The maximum atomic E-state index is 12.9. The maximum absolute atomic E-state index is 12.9. The number of phenolic OH excluding ortho intramolecular Hbond substituents is 2. The van der Waals surface area contributed by atoms with Crippen LogP contribution in [0.25, 0.3) is 0 Å². The second-order valence-corrected chi connectivity index (χ2v) is 9.19. The van der Waals surface area contributed by atoms with E-state index in [9.17, 15) is 15.0 Å². The number of benzene rings is 2. The topological polar surface area (TPSA) is 122 Å². The molecule has 36 heavy (non-hydrogen) atoms. The van der Waals surface area contributed by atoms with Crippen molar-refractivity contribution in [3.05, 3.63) is 53.1 Å². The SMILES string of the molecule is CC.CC(C)c1cc(C(=O)N(C)Cc2cccc(OCCCOC(C)(C)C)c2)c(O)cc1O.NC=O. The summed E-state index contributed by atoms with van der Waals surface area (Å²) in [5.41, 5.74) is 5.73. The van der Waals surface area contributed by atoms with Gasteiger partial charge in [0, 0.05) is 26.1 Å². The van der Waals surface area contributed by atoms with Gasteiger partial charge in [-0.1, -0.05) is 39.8 Å². The largest absolute Gasteiger partial charge is 0.508 e. The predicted octanol–water partition coefficient (Wildman–Crippen LogP) is 5.21. The Hall–Kier alpha value is -3.26. The average molecular weight is 505 g/mol. The van der Waals surface area contributed by atoms with Gasteiger partial charge in [-0.05, 0) is 56.0 Å². The summed E-state index contributed by atoms with van der Waals surface area (Å²) >= 11 is 0. The molecule has 0 atom stereocenters. The fourth-order valence-electron chi connectivity index (χ4n) is 3.14. The molecule has 0 saturated heterocycles. The minimum atomic E-state index is -0.315. The molecule has 0 bridgehead atoms. The second-order valence-electron chi connectivity index (χ2n) is 9.19. The highest BCUT2D eigenvalue weighted by molar-refractivity contribution is 5.97. The lowest BCUT2D eigenvalue weighted by Gasteiger charge is -2.20. The monoisotopic (exact) mass is 504 g/mol. The molecule has 2 aromatic rings. The van der Waals surface area contributed by atoms with E-state index in [1.54, 1.807) is 13.1 Å². The first-order valence-corrected chi connectivity index (χ1v) is 12.2. The van der Waals surface area contributed by atoms with Crippen molar-refractivity contribution >= 4 is 12.3 Å². The van der Waals surface area contributed by atoms with Gasteiger partial charge in [-0.25, -0.2) is 0 Å². The molecule has 0 radical (unpaired) electrons. The van der Waals surface area contributed by atoms with Gasteiger partial charge in [0.15, 0.2) is 0 Å². The van der Waals surface area contributed by atoms with Crippen LogP contribution in [0.15, 0.2) is 36.4 Å². The normalized spacial score (nSPS) is 10.5. The van der Waals surface area contributed by atoms with Crippen LogP contribution in [-0.2, 0) is 16.1 Å². The third kappa shape index (κ3) is 11.9. The molecule has 2 rings (SSSR count). The number of aromatic hydroxyl groups is 2. The number of ether oxygens (including phenoxy) is 2. The number of carbonyl (C=O) groups excluding carboxylic acids is 2. The summed E-state index contributed by atoms with van der Waals surface area (Å²) in [7, 11) is 1.68. The van der Waals surface area contributed by atoms with Gasteiger partial charge in [-0.2, -0.15) is 0 Å². The van der Waals surface area contributed by atoms with Crippen molar-refractivity contribution in [3.63, 3.8) is 0 Å². The number of nitrogens with zero attached hydrogens (tertiary/aromatic N) is 1. The van der Waals surface area contributed by atoms with Crippen LogP contribution >= 0.6 is 0 Å². The molecule has 0 heterocycles. The molecule has 0 aliphatic carbocycles. The minimum absolute atomic E-state index is 0.00977. The minimum Gasteiger partial charge on any atom is -0.508 e. The van der Waals surface area contributed by atoms with Gasteiger partial charge in [-0.3, -0.25) is 9.59 Å². The zero-order valence-electron chi connectivity index (χ0n) is 23.0. The van der Waals surface area contributed by atoms with Crippen molar-refractivity contribution in [1.29, 1.82) is 0 Å². The van der Waals surface area contributed by atoms with Crippen LogP contribution in [0.1, 0.15) is 82.3 Å². The Bertz CT molecular complexity index is 938. The number of amides is 2. The Morgan fingerprint density at radius 3 is 2.25 bits per heavy atom. The zero-order chi connectivity index (χ0) is 27.9. The van der Waals surface area contributed by atoms with Crippen LogP contribution in [-0.4, -0.2) is 53.3 Å². The molecule has 0 unspecified atom stereocenters. The Morgan fingerprint density at radius 1 is 1.08 bits per heavy atom. The quantitative estimate of drug-likeness (QED) is 0.318. The van der Waals surface area contributed by atoms with Crippen molar-refractivity contribution in [2.24, 2.45) is 5.73 Å². The van der Waals surface area contributed by atoms with Gasteiger partial charge in [0.25, 0.3) is 5.91 Å². The van der Waals surface area contributed by atoms with E-state index in [0.29, 0.717) is 25.3 Å². The zero-order valence-corrected chi connectivity index (χ0v) is 23.0. The lowest BCUT2D eigenvalue weighted by atomic mass is 9.98. The van der Waals surface area contributed by atoms with E-state index in [1.165, 1.54) is 11.0 Å². The standard InChI is InChI=1S/C25H35NO5.C2H6.CH3NO/c1-17(2)20-14-21(23(28)15-22(20)27)24(29)26(6)16-18-9-7-10-19(13-18)30-11-8-12-31-25(3,4)5;1-2;2-1-3/h7,9-10,13-15,17,27-28H,8,11-12,16H2,1-6H3;1-2H3;1H,(H2,2,3). The number of rotatable bonds is 9. The number of carbonyl (C=O) groups is 2. The molecule has 202 valence electrons. The van der Waals surface area contributed by atoms with E-state index in [-0.39, 0.29) is 40.9 Å². The Kier molecular flexibility index (Phi) is 14.9. The average Bonchev–Trinajstić information content (AvgIpc) is 2.79. The van der Waals surface area contributed by atoms with E-state index >= 15 is 0 Å². The van der Waals surface area contributed by atoms with Gasteiger partial charge < -0.3 is 30.3 Å². The maximum Gasteiger partial charge on any atom is 0.257 e. The third-order valence-corrected chi connectivity index (χ3v) is 4.75. The van der Waals surface area contributed by atoms with Crippen LogP contribution in [0.3, 0.4) is 0 Å². The summed E-state index contributed by atoms with van der Waals surface area (Å²) in [6.07, 6.45) is 1.04. The molecular weight excluding hydrogens is 460 g/mol. The molecule has 0 fully saturated rings. The van der Waals surface area contributed by atoms with Crippen molar-refractivity contribution in [1.82, 2.24) is 4.90 Å². The van der Waals surface area contributed by atoms with E-state index in [1.807, 2.05) is 72.7 Å². The van der Waals surface area contributed by atoms with Gasteiger partial charge >= 0.3 is 0 Å². The molecule has 0 spiro atoms. The highest BCUT2D eigenvalue weighted by Crippen LogP contribution is 2.33. The van der Waals surface area contributed by atoms with E-state index in [0.717, 1.165) is 17.7 Å². The molecular formula is C28H44N2O6. The molecule has 0 aliphatic heterocycles. The number of hydrogen-bond donors (Lipinski definition) is 3. The lowest BCUT2D eigenvalue weighted by Crippen LogP contribution is -2.26. The van der Waals surface area contributed by atoms with Crippen molar-refractivity contribution in [3.8, 4) is 17.2 Å². The summed E-state index contributed by atoms with van der Waals surface area (Å²) in [5, 5.41) is 20.2. The number of primary amides is 1. The molecule has 4 N–H and O–H groups in total. The molecule has 0 aliphatic rings. The fourth-order valence-corrected chi connectivity index (χ4v) is 3.14. The lowest BCUT2D eigenvalue weighted by molar-refractivity contribution is -0.106. The first-order chi connectivity index (χ1) is 16.9. The number of hydrogen-bond acceptors (Lipinski definition) is 6. The highest BCUT2D eigenvalue weighted by Gasteiger charge is 2.20. The first-order valence-electron chi connectivity index (χ1n) is 12.2. The molecule has 0 saturated carbocycles. The Morgan fingerprint density at radius 2 is 1.69 bits per heavy atom. The van der Waals surface area contributed by atoms with Crippen LogP contribution in [0.2, 0.25) is 0 Å².